The van der Waals surface area contributed by atoms with Crippen LogP contribution in [-0.2, 0) is 0 Å². The third kappa shape index (κ3) is 3.35. The maximum atomic E-state index is 12.2. The maximum Gasteiger partial charge on any atom is 0.253 e. The highest BCUT2D eigenvalue weighted by atomic mass is 16.2. The van der Waals surface area contributed by atoms with E-state index in [0.29, 0.717) is 5.56 Å². The molecule has 4 heteroatoms. The summed E-state index contributed by atoms with van der Waals surface area (Å²) in [7, 11) is 0. The number of benzene rings is 1. The van der Waals surface area contributed by atoms with Gasteiger partial charge in [-0.2, -0.15) is 0 Å². The molecule has 0 fully saturated rings. The molecule has 1 amide bonds. The average molecular weight is 270 g/mol. The molecule has 2 N–H and O–H groups in total. The zero-order valence-corrected chi connectivity index (χ0v) is 11.6. The Morgan fingerprint density at radius 3 is 2.35 bits per heavy atom. The van der Waals surface area contributed by atoms with Crippen LogP contribution in [0.4, 0.5) is 0 Å². The van der Waals surface area contributed by atoms with Crippen LogP contribution in [0.1, 0.15) is 35.8 Å². The molecule has 20 heavy (non-hydrogen) atoms. The highest BCUT2D eigenvalue weighted by molar-refractivity contribution is 5.94. The van der Waals surface area contributed by atoms with Crippen molar-refractivity contribution in [2.45, 2.75) is 19.9 Å². The molecule has 0 spiro atoms. The van der Waals surface area contributed by atoms with E-state index in [1.54, 1.807) is 0 Å². The van der Waals surface area contributed by atoms with E-state index in [9.17, 15) is 9.59 Å². The smallest absolute Gasteiger partial charge is 0.253 e. The number of pyridine rings is 1. The van der Waals surface area contributed by atoms with Crippen LogP contribution in [-0.4, -0.2) is 10.9 Å². The van der Waals surface area contributed by atoms with Gasteiger partial charge in [0.15, 0.2) is 0 Å². The van der Waals surface area contributed by atoms with E-state index in [1.165, 1.54) is 18.3 Å². The van der Waals surface area contributed by atoms with Gasteiger partial charge in [-0.3, -0.25) is 9.59 Å². The number of hydrogen-bond donors (Lipinski definition) is 2. The van der Waals surface area contributed by atoms with Crippen LogP contribution in [0.25, 0.3) is 0 Å². The Balaban J connectivity index is 2.19. The quantitative estimate of drug-likeness (QED) is 0.896. The first-order chi connectivity index (χ1) is 9.58. The van der Waals surface area contributed by atoms with E-state index in [0.717, 1.165) is 5.56 Å². The lowest BCUT2D eigenvalue weighted by atomic mass is 9.96. The number of aromatic amines is 1. The molecule has 4 nitrogen and oxygen atoms in total. The summed E-state index contributed by atoms with van der Waals surface area (Å²) in [5.41, 5.74) is 1.30. The van der Waals surface area contributed by atoms with Gasteiger partial charge in [-0.1, -0.05) is 44.2 Å². The number of amides is 1. The minimum Gasteiger partial charge on any atom is -0.345 e. The summed E-state index contributed by atoms with van der Waals surface area (Å²) in [4.78, 5) is 25.7. The molecule has 1 aromatic heterocycles. The molecule has 1 atom stereocenters. The minimum absolute atomic E-state index is 0.0596. The van der Waals surface area contributed by atoms with Gasteiger partial charge in [0.25, 0.3) is 5.91 Å². The number of carbonyl (C=O) groups excluding carboxylic acids is 1. The first-order valence-electron chi connectivity index (χ1n) is 6.62. The second-order valence-corrected chi connectivity index (χ2v) is 5.05. The van der Waals surface area contributed by atoms with E-state index in [2.05, 4.69) is 24.1 Å². The van der Waals surface area contributed by atoms with Crippen molar-refractivity contribution in [2.75, 3.05) is 0 Å². The van der Waals surface area contributed by atoms with Crippen LogP contribution in [0.3, 0.4) is 0 Å². The molecule has 0 bridgehead atoms. The van der Waals surface area contributed by atoms with Crippen LogP contribution >= 0.6 is 0 Å². The fourth-order valence-electron chi connectivity index (χ4n) is 2.07. The molecule has 0 aliphatic carbocycles. The third-order valence-electron chi connectivity index (χ3n) is 3.16. The molecule has 0 saturated heterocycles. The second-order valence-electron chi connectivity index (χ2n) is 5.05. The van der Waals surface area contributed by atoms with Crippen LogP contribution in [0, 0.1) is 5.92 Å². The van der Waals surface area contributed by atoms with Gasteiger partial charge in [-0.25, -0.2) is 0 Å². The summed E-state index contributed by atoms with van der Waals surface area (Å²) in [6, 6.07) is 12.7. The van der Waals surface area contributed by atoms with Gasteiger partial charge in [0.05, 0.1) is 11.6 Å². The summed E-state index contributed by atoms with van der Waals surface area (Å²) < 4.78 is 0. The Bertz CT molecular complexity index is 612. The van der Waals surface area contributed by atoms with E-state index < -0.39 is 0 Å². The standard InChI is InChI=1S/C16H18N2O2/c1-11(2)15(12-6-4-3-5-7-12)18-16(20)13-8-9-14(19)17-10-13/h3-11,15H,1-2H3,(H,17,19)(H,18,20). The first kappa shape index (κ1) is 14.1. The number of hydrogen-bond acceptors (Lipinski definition) is 2. The van der Waals surface area contributed by atoms with Gasteiger partial charge >= 0.3 is 0 Å². The number of rotatable bonds is 4. The normalized spacial score (nSPS) is 12.2. The average Bonchev–Trinajstić information content (AvgIpc) is 2.46. The lowest BCUT2D eigenvalue weighted by Gasteiger charge is -2.23. The fourth-order valence-corrected chi connectivity index (χ4v) is 2.07. The number of carbonyl (C=O) groups is 1. The van der Waals surface area contributed by atoms with Crippen molar-refractivity contribution in [3.8, 4) is 0 Å². The van der Waals surface area contributed by atoms with Crippen molar-refractivity contribution < 1.29 is 4.79 Å². The Labute approximate surface area is 117 Å². The number of H-pyrrole nitrogens is 1. The molecular weight excluding hydrogens is 252 g/mol. The predicted molar refractivity (Wildman–Crippen MR) is 78.5 cm³/mol. The van der Waals surface area contributed by atoms with Crippen molar-refractivity contribution in [1.82, 2.24) is 10.3 Å². The van der Waals surface area contributed by atoms with Gasteiger partial charge in [-0.05, 0) is 17.5 Å². The van der Waals surface area contributed by atoms with Gasteiger partial charge < -0.3 is 10.3 Å². The largest absolute Gasteiger partial charge is 0.345 e. The Morgan fingerprint density at radius 2 is 1.80 bits per heavy atom. The molecule has 0 saturated carbocycles. The lowest BCUT2D eigenvalue weighted by molar-refractivity contribution is 0.0925. The minimum atomic E-state index is -0.218. The lowest BCUT2D eigenvalue weighted by Crippen LogP contribution is -2.32. The van der Waals surface area contributed by atoms with Crippen molar-refractivity contribution in [3.05, 3.63) is 70.1 Å². The SMILES string of the molecule is CC(C)C(NC(=O)c1ccc(=O)[nH]c1)c1ccccc1. The highest BCUT2D eigenvalue weighted by Crippen LogP contribution is 2.21. The summed E-state index contributed by atoms with van der Waals surface area (Å²) in [5.74, 6) is 0.0768. The van der Waals surface area contributed by atoms with Crippen LogP contribution in [0.5, 0.6) is 0 Å². The molecule has 0 radical (unpaired) electrons. The Hall–Kier alpha value is -2.36. The molecule has 1 unspecified atom stereocenters. The first-order valence-corrected chi connectivity index (χ1v) is 6.62. The molecule has 0 aliphatic heterocycles. The second kappa shape index (κ2) is 6.19. The van der Waals surface area contributed by atoms with Crippen molar-refractivity contribution in [2.24, 2.45) is 5.92 Å². The van der Waals surface area contributed by atoms with E-state index in [4.69, 9.17) is 0 Å². The molecular formula is C16H18N2O2. The van der Waals surface area contributed by atoms with E-state index >= 15 is 0 Å². The van der Waals surface area contributed by atoms with Crippen LogP contribution in [0.15, 0.2) is 53.5 Å². The van der Waals surface area contributed by atoms with Crippen molar-refractivity contribution in [1.29, 1.82) is 0 Å². The van der Waals surface area contributed by atoms with E-state index in [-0.39, 0.29) is 23.4 Å². The fraction of sp³-hybridized carbons (Fsp3) is 0.250. The van der Waals surface area contributed by atoms with Crippen LogP contribution < -0.4 is 10.9 Å². The zero-order valence-electron chi connectivity index (χ0n) is 11.6. The molecule has 2 aromatic rings. The van der Waals surface area contributed by atoms with Crippen LogP contribution in [0.2, 0.25) is 0 Å². The van der Waals surface area contributed by atoms with Crippen molar-refractivity contribution in [3.63, 3.8) is 0 Å². The Morgan fingerprint density at radius 1 is 1.10 bits per heavy atom. The topological polar surface area (TPSA) is 62.0 Å². The van der Waals surface area contributed by atoms with Gasteiger partial charge in [-0.15, -0.1) is 0 Å². The van der Waals surface area contributed by atoms with Crippen molar-refractivity contribution >= 4 is 5.91 Å². The van der Waals surface area contributed by atoms with Gasteiger partial charge in [0.2, 0.25) is 5.56 Å². The molecule has 0 aliphatic rings. The Kier molecular flexibility index (Phi) is 4.35. The third-order valence-corrected chi connectivity index (χ3v) is 3.16. The highest BCUT2D eigenvalue weighted by Gasteiger charge is 2.18. The summed E-state index contributed by atoms with van der Waals surface area (Å²) in [6.07, 6.45) is 1.43. The summed E-state index contributed by atoms with van der Waals surface area (Å²) in [5, 5.41) is 3.01. The zero-order chi connectivity index (χ0) is 14.5. The molecule has 1 heterocycles. The maximum absolute atomic E-state index is 12.2. The van der Waals surface area contributed by atoms with Gasteiger partial charge in [0.1, 0.15) is 0 Å². The number of nitrogens with one attached hydrogen (secondary N) is 2. The van der Waals surface area contributed by atoms with E-state index in [1.807, 2.05) is 30.3 Å². The number of aromatic nitrogens is 1. The molecule has 1 aromatic carbocycles. The molecule has 2 rings (SSSR count). The summed E-state index contributed by atoms with van der Waals surface area (Å²) >= 11 is 0. The summed E-state index contributed by atoms with van der Waals surface area (Å²) in [6.45, 7) is 4.12. The van der Waals surface area contributed by atoms with Gasteiger partial charge in [0, 0.05) is 12.3 Å². The molecule has 104 valence electrons. The predicted octanol–water partition coefficient (Wildman–Crippen LogP) is 2.50. The monoisotopic (exact) mass is 270 g/mol.